The van der Waals surface area contributed by atoms with Crippen molar-refractivity contribution in [3.05, 3.63) is 70.9 Å². The highest BCUT2D eigenvalue weighted by molar-refractivity contribution is 5.85. The zero-order valence-corrected chi connectivity index (χ0v) is 12.5. The first-order chi connectivity index (χ1) is 10.8. The average molecular weight is 296 g/mol. The average Bonchev–Trinajstić information content (AvgIpc) is 2.57. The first-order valence-corrected chi connectivity index (χ1v) is 7.57. The molecule has 3 rings (SSSR count). The second kappa shape index (κ2) is 7.09. The largest absolute Gasteiger partial charge is 0.624 e. The quantitative estimate of drug-likeness (QED) is 0.377. The number of morpholine rings is 1. The normalized spacial score (nSPS) is 15.8. The zero-order valence-electron chi connectivity index (χ0n) is 12.5. The van der Waals surface area contributed by atoms with E-state index in [-0.39, 0.29) is 0 Å². The van der Waals surface area contributed by atoms with Crippen molar-refractivity contribution in [2.75, 3.05) is 31.2 Å². The van der Waals surface area contributed by atoms with E-state index in [4.69, 9.17) is 4.74 Å². The van der Waals surface area contributed by atoms with Crippen molar-refractivity contribution in [1.29, 1.82) is 0 Å². The molecule has 1 aliphatic heterocycles. The summed E-state index contributed by atoms with van der Waals surface area (Å²) in [7, 11) is 0. The molecule has 0 radical (unpaired) electrons. The lowest BCUT2D eigenvalue weighted by Gasteiger charge is -2.29. The Labute approximate surface area is 130 Å². The minimum absolute atomic E-state index is 0.359. The van der Waals surface area contributed by atoms with Crippen LogP contribution in [0.15, 0.2) is 54.6 Å². The lowest BCUT2D eigenvalue weighted by molar-refractivity contribution is -0.469. The Morgan fingerprint density at radius 1 is 1.00 bits per heavy atom. The second-order valence-electron chi connectivity index (χ2n) is 5.35. The number of hydroxylamine groups is 1. The van der Waals surface area contributed by atoms with E-state index < -0.39 is 0 Å². The summed E-state index contributed by atoms with van der Waals surface area (Å²) in [6, 6.07) is 17.8. The number of rotatable bonds is 4. The Hall–Kier alpha value is -2.33. The van der Waals surface area contributed by atoms with E-state index >= 15 is 0 Å². The van der Waals surface area contributed by atoms with Gasteiger partial charge < -0.3 is 14.8 Å². The van der Waals surface area contributed by atoms with E-state index in [1.807, 2.05) is 48.5 Å². The topological polar surface area (TPSA) is 38.5 Å². The van der Waals surface area contributed by atoms with Gasteiger partial charge in [-0.15, -0.1) is 0 Å². The van der Waals surface area contributed by atoms with E-state index in [2.05, 4.69) is 11.0 Å². The third-order valence-electron chi connectivity index (χ3n) is 3.75. The molecule has 0 spiro atoms. The first kappa shape index (κ1) is 14.6. The third kappa shape index (κ3) is 3.65. The maximum atomic E-state index is 12.2. The summed E-state index contributed by atoms with van der Waals surface area (Å²) < 4.78 is 6.39. The first-order valence-electron chi connectivity index (χ1n) is 7.57. The van der Waals surface area contributed by atoms with Crippen molar-refractivity contribution < 1.29 is 9.48 Å². The Morgan fingerprint density at radius 3 is 2.45 bits per heavy atom. The van der Waals surface area contributed by atoms with Gasteiger partial charge in [0.05, 0.1) is 24.5 Å². The maximum Gasteiger partial charge on any atom is 0.184 e. The molecule has 0 unspecified atom stereocenters. The summed E-state index contributed by atoms with van der Waals surface area (Å²) in [4.78, 5) is 2.27. The van der Waals surface area contributed by atoms with Crippen LogP contribution in [0.1, 0.15) is 11.1 Å². The number of ether oxygens (including phenoxy) is 1. The molecule has 0 atom stereocenters. The fraction of sp³-hybridized carbons (Fsp3) is 0.278. The number of nitrogens with zero attached hydrogens (tertiary/aromatic N) is 2. The van der Waals surface area contributed by atoms with Crippen LogP contribution in [0.25, 0.3) is 0 Å². The van der Waals surface area contributed by atoms with Gasteiger partial charge >= 0.3 is 0 Å². The number of anilines is 1. The molecule has 0 aromatic heterocycles. The molecular weight excluding hydrogens is 276 g/mol. The SMILES string of the molecule is [O-]/[N+](=C\c1ccccc1N1CCOCC1)Cc1ccccc1. The summed E-state index contributed by atoms with van der Waals surface area (Å²) in [6.45, 7) is 3.56. The smallest absolute Gasteiger partial charge is 0.184 e. The summed E-state index contributed by atoms with van der Waals surface area (Å²) >= 11 is 0. The molecule has 2 aromatic carbocycles. The van der Waals surface area contributed by atoms with Crippen molar-refractivity contribution >= 4 is 11.9 Å². The monoisotopic (exact) mass is 296 g/mol. The maximum absolute atomic E-state index is 12.2. The highest BCUT2D eigenvalue weighted by Gasteiger charge is 2.14. The molecule has 0 saturated carbocycles. The van der Waals surface area contributed by atoms with Gasteiger partial charge in [-0.05, 0) is 12.1 Å². The Balaban J connectivity index is 1.80. The van der Waals surface area contributed by atoms with Crippen molar-refractivity contribution in [1.82, 2.24) is 0 Å². The van der Waals surface area contributed by atoms with E-state index in [1.165, 1.54) is 0 Å². The van der Waals surface area contributed by atoms with Crippen LogP contribution in [0.3, 0.4) is 0 Å². The summed E-state index contributed by atoms with van der Waals surface area (Å²) in [6.07, 6.45) is 1.68. The van der Waals surface area contributed by atoms with Gasteiger partial charge in [0.25, 0.3) is 0 Å². The van der Waals surface area contributed by atoms with Gasteiger partial charge in [-0.2, -0.15) is 0 Å². The molecule has 4 nitrogen and oxygen atoms in total. The highest BCUT2D eigenvalue weighted by atomic mass is 16.5. The summed E-state index contributed by atoms with van der Waals surface area (Å²) in [5, 5.41) is 12.2. The van der Waals surface area contributed by atoms with Gasteiger partial charge in [-0.1, -0.05) is 42.5 Å². The summed E-state index contributed by atoms with van der Waals surface area (Å²) in [5.74, 6) is 0. The van der Waals surface area contributed by atoms with Gasteiger partial charge in [0, 0.05) is 18.7 Å². The van der Waals surface area contributed by atoms with Crippen LogP contribution in [-0.4, -0.2) is 37.3 Å². The van der Waals surface area contributed by atoms with Gasteiger partial charge in [-0.3, -0.25) is 0 Å². The van der Waals surface area contributed by atoms with Crippen LogP contribution >= 0.6 is 0 Å². The molecule has 22 heavy (non-hydrogen) atoms. The van der Waals surface area contributed by atoms with E-state index in [1.54, 1.807) is 6.21 Å². The van der Waals surface area contributed by atoms with Crippen LogP contribution in [0.2, 0.25) is 0 Å². The molecule has 0 N–H and O–H groups in total. The molecule has 0 bridgehead atoms. The minimum Gasteiger partial charge on any atom is -0.624 e. The van der Waals surface area contributed by atoms with Crippen LogP contribution in [0, 0.1) is 5.21 Å². The summed E-state index contributed by atoms with van der Waals surface area (Å²) in [5.41, 5.74) is 3.06. The molecule has 0 amide bonds. The highest BCUT2D eigenvalue weighted by Crippen LogP contribution is 2.20. The lowest BCUT2D eigenvalue weighted by Crippen LogP contribution is -2.36. The molecule has 2 aromatic rings. The van der Waals surface area contributed by atoms with E-state index in [0.29, 0.717) is 6.54 Å². The Morgan fingerprint density at radius 2 is 1.68 bits per heavy atom. The standard InChI is InChI=1S/C18H20N2O2/c21-20(14-16-6-2-1-3-7-16)15-17-8-4-5-9-18(17)19-10-12-22-13-11-19/h1-9,15H,10-14H2/b20-15-. The van der Waals surface area contributed by atoms with Gasteiger partial charge in [0.15, 0.2) is 12.8 Å². The third-order valence-corrected chi connectivity index (χ3v) is 3.75. The Bertz CT molecular complexity index is 635. The van der Waals surface area contributed by atoms with Crippen molar-refractivity contribution in [2.24, 2.45) is 0 Å². The van der Waals surface area contributed by atoms with Crippen molar-refractivity contribution in [3.63, 3.8) is 0 Å². The van der Waals surface area contributed by atoms with Crippen LogP contribution in [0.4, 0.5) is 5.69 Å². The molecule has 0 aliphatic carbocycles. The van der Waals surface area contributed by atoms with E-state index in [9.17, 15) is 5.21 Å². The van der Waals surface area contributed by atoms with E-state index in [0.717, 1.165) is 47.9 Å². The van der Waals surface area contributed by atoms with Crippen LogP contribution in [-0.2, 0) is 11.3 Å². The molecule has 1 fully saturated rings. The second-order valence-corrected chi connectivity index (χ2v) is 5.35. The molecular formula is C18H20N2O2. The number of benzene rings is 2. The van der Waals surface area contributed by atoms with Gasteiger partial charge in [0.1, 0.15) is 0 Å². The predicted molar refractivity (Wildman–Crippen MR) is 88.4 cm³/mol. The fourth-order valence-electron chi connectivity index (χ4n) is 2.65. The van der Waals surface area contributed by atoms with Crippen molar-refractivity contribution in [3.8, 4) is 0 Å². The number of para-hydroxylation sites is 1. The molecule has 1 saturated heterocycles. The molecule has 4 heteroatoms. The lowest BCUT2D eigenvalue weighted by atomic mass is 10.1. The number of hydrogen-bond donors (Lipinski definition) is 0. The molecule has 1 heterocycles. The Kier molecular flexibility index (Phi) is 4.71. The van der Waals surface area contributed by atoms with Gasteiger partial charge in [-0.25, -0.2) is 4.74 Å². The van der Waals surface area contributed by atoms with Crippen LogP contribution in [0.5, 0.6) is 0 Å². The van der Waals surface area contributed by atoms with Crippen molar-refractivity contribution in [2.45, 2.75) is 6.54 Å². The molecule has 114 valence electrons. The van der Waals surface area contributed by atoms with Crippen LogP contribution < -0.4 is 4.90 Å². The molecule has 1 aliphatic rings. The fourth-order valence-corrected chi connectivity index (χ4v) is 2.65. The predicted octanol–water partition coefficient (Wildman–Crippen LogP) is 2.65. The zero-order chi connectivity index (χ0) is 15.2. The number of hydrogen-bond acceptors (Lipinski definition) is 3. The minimum atomic E-state index is 0.359. The van der Waals surface area contributed by atoms with Gasteiger partial charge in [0.2, 0.25) is 0 Å².